The normalized spacial score (nSPS) is 15.0. The first-order chi connectivity index (χ1) is 14.4. The SMILES string of the molecule is CCOC(=O)c1ccc(N2NC(=O)/C(=C/C=C/c3cccc([N+](=O)[O-])c3)C2=O)cc1. The van der Waals surface area contributed by atoms with Crippen molar-refractivity contribution in [2.75, 3.05) is 11.6 Å². The van der Waals surface area contributed by atoms with E-state index in [1.165, 1.54) is 48.6 Å². The molecule has 1 fully saturated rings. The molecule has 3 rings (SSSR count). The number of nitro groups is 1. The Kier molecular flexibility index (Phi) is 6.02. The van der Waals surface area contributed by atoms with Gasteiger partial charge in [0.2, 0.25) is 0 Å². The molecular weight excluding hydrogens is 390 g/mol. The highest BCUT2D eigenvalue weighted by Crippen LogP contribution is 2.21. The number of nitrogens with one attached hydrogen (secondary N) is 1. The number of hydrazine groups is 1. The Morgan fingerprint density at radius 1 is 1.20 bits per heavy atom. The third-order valence-electron chi connectivity index (χ3n) is 4.16. The summed E-state index contributed by atoms with van der Waals surface area (Å²) in [5.41, 5.74) is 3.57. The van der Waals surface area contributed by atoms with Crippen LogP contribution in [0, 0.1) is 10.1 Å². The van der Waals surface area contributed by atoms with E-state index in [1.807, 2.05) is 0 Å². The number of nitrogens with zero attached hydrogens (tertiary/aromatic N) is 2. The quantitative estimate of drug-likeness (QED) is 0.259. The van der Waals surface area contributed by atoms with Gasteiger partial charge < -0.3 is 4.74 Å². The Labute approximate surface area is 171 Å². The maximum atomic E-state index is 12.6. The molecule has 0 atom stereocenters. The van der Waals surface area contributed by atoms with Gasteiger partial charge in [-0.05, 0) is 42.8 Å². The summed E-state index contributed by atoms with van der Waals surface area (Å²) in [6, 6.07) is 12.0. The lowest BCUT2D eigenvalue weighted by molar-refractivity contribution is -0.384. The molecule has 2 amide bonds. The van der Waals surface area contributed by atoms with Crippen LogP contribution in [0.2, 0.25) is 0 Å². The lowest BCUT2D eigenvalue weighted by Gasteiger charge is -2.14. The summed E-state index contributed by atoms with van der Waals surface area (Å²) < 4.78 is 4.91. The fraction of sp³-hybridized carbons (Fsp3) is 0.0952. The van der Waals surface area contributed by atoms with E-state index in [9.17, 15) is 24.5 Å². The Balaban J connectivity index is 1.75. The summed E-state index contributed by atoms with van der Waals surface area (Å²) in [6.45, 7) is 1.95. The second-order valence-corrected chi connectivity index (χ2v) is 6.14. The molecule has 1 N–H and O–H groups in total. The lowest BCUT2D eigenvalue weighted by Crippen LogP contribution is -2.35. The standard InChI is InChI=1S/C21H17N3O6/c1-2-30-21(27)15-9-11-16(12-10-15)23-20(26)18(19(25)22-23)8-4-6-14-5-3-7-17(13-14)24(28)29/h3-13H,2H2,1H3,(H,22,25)/b6-4+,18-8-. The predicted octanol–water partition coefficient (Wildman–Crippen LogP) is 2.79. The Morgan fingerprint density at radius 2 is 1.93 bits per heavy atom. The third-order valence-corrected chi connectivity index (χ3v) is 4.16. The Bertz CT molecular complexity index is 1070. The second-order valence-electron chi connectivity index (χ2n) is 6.14. The molecule has 1 aliphatic rings. The van der Waals surface area contributed by atoms with Crippen molar-refractivity contribution < 1.29 is 24.0 Å². The number of carbonyl (C=O) groups excluding carboxylic acids is 3. The highest BCUT2D eigenvalue weighted by Gasteiger charge is 2.34. The molecule has 1 heterocycles. The number of hydrogen-bond acceptors (Lipinski definition) is 6. The smallest absolute Gasteiger partial charge is 0.338 e. The van der Waals surface area contributed by atoms with E-state index in [4.69, 9.17) is 4.74 Å². The number of carbonyl (C=O) groups is 3. The van der Waals surface area contributed by atoms with E-state index in [-0.39, 0.29) is 17.9 Å². The molecule has 0 spiro atoms. The highest BCUT2D eigenvalue weighted by molar-refractivity contribution is 6.29. The van der Waals surface area contributed by atoms with Gasteiger partial charge in [-0.1, -0.05) is 24.3 Å². The van der Waals surface area contributed by atoms with E-state index < -0.39 is 22.7 Å². The minimum Gasteiger partial charge on any atom is -0.462 e. The largest absolute Gasteiger partial charge is 0.462 e. The molecule has 1 aliphatic heterocycles. The number of amides is 2. The summed E-state index contributed by atoms with van der Waals surface area (Å²) >= 11 is 0. The number of benzene rings is 2. The van der Waals surface area contributed by atoms with E-state index >= 15 is 0 Å². The van der Waals surface area contributed by atoms with Gasteiger partial charge in [0.25, 0.3) is 17.5 Å². The van der Waals surface area contributed by atoms with Crippen LogP contribution in [0.3, 0.4) is 0 Å². The van der Waals surface area contributed by atoms with E-state index in [1.54, 1.807) is 25.1 Å². The molecule has 0 bridgehead atoms. The van der Waals surface area contributed by atoms with Crippen LogP contribution in [0.4, 0.5) is 11.4 Å². The number of anilines is 1. The molecule has 0 saturated carbocycles. The Hall–Kier alpha value is -4.27. The minimum absolute atomic E-state index is 0.0584. The zero-order chi connectivity index (χ0) is 21.7. The van der Waals surface area contributed by atoms with Gasteiger partial charge in [0.05, 0.1) is 22.8 Å². The van der Waals surface area contributed by atoms with Crippen LogP contribution in [0.1, 0.15) is 22.8 Å². The van der Waals surface area contributed by atoms with Gasteiger partial charge in [0, 0.05) is 12.1 Å². The molecule has 0 unspecified atom stereocenters. The minimum atomic E-state index is -0.585. The monoisotopic (exact) mass is 407 g/mol. The van der Waals surface area contributed by atoms with E-state index in [2.05, 4.69) is 5.43 Å². The first-order valence-corrected chi connectivity index (χ1v) is 8.96. The van der Waals surface area contributed by atoms with Crippen molar-refractivity contribution in [1.29, 1.82) is 0 Å². The topological polar surface area (TPSA) is 119 Å². The summed E-state index contributed by atoms with van der Waals surface area (Å²) in [5.74, 6) is -1.63. The molecule has 0 aromatic heterocycles. The molecule has 0 aliphatic carbocycles. The van der Waals surface area contributed by atoms with Gasteiger partial charge in [-0.15, -0.1) is 0 Å². The first kappa shape index (κ1) is 20.5. The summed E-state index contributed by atoms with van der Waals surface area (Å²) in [6.07, 6.45) is 4.36. The van der Waals surface area contributed by atoms with Gasteiger partial charge in [-0.3, -0.25) is 25.1 Å². The van der Waals surface area contributed by atoms with Crippen molar-refractivity contribution in [1.82, 2.24) is 5.43 Å². The molecule has 152 valence electrons. The van der Waals surface area contributed by atoms with Crippen LogP contribution in [-0.2, 0) is 14.3 Å². The number of rotatable bonds is 6. The van der Waals surface area contributed by atoms with Crippen molar-refractivity contribution in [2.24, 2.45) is 0 Å². The first-order valence-electron chi connectivity index (χ1n) is 8.96. The maximum Gasteiger partial charge on any atom is 0.338 e. The number of esters is 1. The Morgan fingerprint density at radius 3 is 2.60 bits per heavy atom. The van der Waals surface area contributed by atoms with E-state index in [0.717, 1.165) is 5.01 Å². The zero-order valence-electron chi connectivity index (χ0n) is 15.9. The lowest BCUT2D eigenvalue weighted by atomic mass is 10.1. The van der Waals surface area contributed by atoms with Crippen LogP contribution in [-0.4, -0.2) is 29.3 Å². The summed E-state index contributed by atoms with van der Waals surface area (Å²) in [5, 5.41) is 11.9. The fourth-order valence-corrected chi connectivity index (χ4v) is 2.72. The molecule has 9 heteroatoms. The van der Waals surface area contributed by atoms with Gasteiger partial charge in [0.15, 0.2) is 0 Å². The number of ether oxygens (including phenoxy) is 1. The van der Waals surface area contributed by atoms with Crippen molar-refractivity contribution in [3.05, 3.63) is 87.5 Å². The number of nitro benzene ring substituents is 1. The van der Waals surface area contributed by atoms with Crippen LogP contribution >= 0.6 is 0 Å². The number of hydrogen-bond donors (Lipinski definition) is 1. The predicted molar refractivity (Wildman–Crippen MR) is 108 cm³/mol. The van der Waals surface area contributed by atoms with Crippen molar-refractivity contribution in [3.63, 3.8) is 0 Å². The van der Waals surface area contributed by atoms with Crippen LogP contribution < -0.4 is 10.4 Å². The fourth-order valence-electron chi connectivity index (χ4n) is 2.72. The third kappa shape index (κ3) is 4.41. The van der Waals surface area contributed by atoms with Gasteiger partial charge >= 0.3 is 5.97 Å². The molecule has 2 aromatic carbocycles. The van der Waals surface area contributed by atoms with Gasteiger partial charge in [-0.2, -0.15) is 0 Å². The molecule has 30 heavy (non-hydrogen) atoms. The molecule has 2 aromatic rings. The second kappa shape index (κ2) is 8.82. The molecule has 0 radical (unpaired) electrons. The van der Waals surface area contributed by atoms with Crippen molar-refractivity contribution in [3.8, 4) is 0 Å². The van der Waals surface area contributed by atoms with Crippen LogP contribution in [0.15, 0.2) is 66.3 Å². The maximum absolute atomic E-state index is 12.6. The highest BCUT2D eigenvalue weighted by atomic mass is 16.6. The average molecular weight is 407 g/mol. The van der Waals surface area contributed by atoms with Gasteiger partial charge in [-0.25, -0.2) is 9.80 Å². The summed E-state index contributed by atoms with van der Waals surface area (Å²) in [7, 11) is 0. The molecule has 9 nitrogen and oxygen atoms in total. The van der Waals surface area contributed by atoms with Gasteiger partial charge in [0.1, 0.15) is 5.57 Å². The molecular formula is C21H17N3O6. The van der Waals surface area contributed by atoms with Crippen LogP contribution in [0.5, 0.6) is 0 Å². The summed E-state index contributed by atoms with van der Waals surface area (Å²) in [4.78, 5) is 46.8. The number of allylic oxidation sites excluding steroid dienone is 2. The van der Waals surface area contributed by atoms with Crippen LogP contribution in [0.25, 0.3) is 6.08 Å². The zero-order valence-corrected chi connectivity index (χ0v) is 15.9. The van der Waals surface area contributed by atoms with E-state index in [0.29, 0.717) is 16.8 Å². The van der Waals surface area contributed by atoms with Crippen molar-refractivity contribution in [2.45, 2.75) is 6.92 Å². The average Bonchev–Trinajstić information content (AvgIpc) is 3.02. The molecule has 1 saturated heterocycles. The van der Waals surface area contributed by atoms with Crippen molar-refractivity contribution >= 4 is 35.2 Å². The number of non-ortho nitro benzene ring substituents is 1.